The highest BCUT2D eigenvalue weighted by molar-refractivity contribution is 7.91. The number of sulfone groups is 1. The van der Waals surface area contributed by atoms with Gasteiger partial charge in [0.05, 0.1) is 11.5 Å². The number of rotatable bonds is 8. The molecule has 0 spiro atoms. The molecule has 0 unspecified atom stereocenters. The van der Waals surface area contributed by atoms with Gasteiger partial charge in [-0.2, -0.15) is 0 Å². The topological polar surface area (TPSA) is 63.7 Å². The Hall–Kier alpha value is -2.34. The monoisotopic (exact) mass is 415 g/mol. The van der Waals surface area contributed by atoms with Crippen molar-refractivity contribution in [3.8, 4) is 5.75 Å². The van der Waals surface area contributed by atoms with Gasteiger partial charge < -0.3 is 9.64 Å². The van der Waals surface area contributed by atoms with Crippen molar-refractivity contribution >= 4 is 15.7 Å². The molecule has 3 rings (SSSR count). The molecule has 1 atom stereocenters. The largest absolute Gasteiger partial charge is 0.484 e. The Balaban J connectivity index is 1.71. The first-order valence-corrected chi connectivity index (χ1v) is 12.0. The summed E-state index contributed by atoms with van der Waals surface area (Å²) in [6, 6.07) is 15.5. The fraction of sp³-hybridized carbons (Fsp3) is 0.435. The summed E-state index contributed by atoms with van der Waals surface area (Å²) in [4.78, 5) is 14.6. The van der Waals surface area contributed by atoms with Crippen LogP contribution in [-0.4, -0.2) is 43.4 Å². The molecule has 0 saturated carbocycles. The van der Waals surface area contributed by atoms with Crippen LogP contribution in [0.15, 0.2) is 48.5 Å². The number of hydrogen-bond acceptors (Lipinski definition) is 4. The standard InChI is InChI=1S/C23H29NO4S/c1-3-18-5-7-20(8-6-18)15-24(21-13-14-29(26,27)17-21)23(25)16-28-22-11-9-19(4-2)10-12-22/h5-12,21H,3-4,13-17H2,1-2H3/t21-/m1/s1. The first-order chi connectivity index (χ1) is 13.9. The first kappa shape index (κ1) is 21.4. The summed E-state index contributed by atoms with van der Waals surface area (Å²) in [5.74, 6) is 0.611. The van der Waals surface area contributed by atoms with E-state index in [9.17, 15) is 13.2 Å². The Morgan fingerprint density at radius 3 is 2.03 bits per heavy atom. The van der Waals surface area contributed by atoms with Crippen LogP contribution < -0.4 is 4.74 Å². The number of nitrogens with zero attached hydrogens (tertiary/aromatic N) is 1. The van der Waals surface area contributed by atoms with E-state index in [0.29, 0.717) is 18.7 Å². The molecule has 156 valence electrons. The van der Waals surface area contributed by atoms with Gasteiger partial charge >= 0.3 is 0 Å². The van der Waals surface area contributed by atoms with Gasteiger partial charge in [0.1, 0.15) is 5.75 Å². The van der Waals surface area contributed by atoms with Crippen molar-refractivity contribution in [3.63, 3.8) is 0 Å². The average Bonchev–Trinajstić information content (AvgIpc) is 3.10. The average molecular weight is 416 g/mol. The van der Waals surface area contributed by atoms with Gasteiger partial charge in [-0.1, -0.05) is 50.2 Å². The number of ether oxygens (including phenoxy) is 1. The third kappa shape index (κ3) is 5.82. The van der Waals surface area contributed by atoms with Gasteiger partial charge in [-0.05, 0) is 48.1 Å². The van der Waals surface area contributed by atoms with E-state index in [-0.39, 0.29) is 30.1 Å². The van der Waals surface area contributed by atoms with Crippen LogP contribution in [0.1, 0.15) is 37.0 Å². The molecule has 0 aliphatic carbocycles. The van der Waals surface area contributed by atoms with Gasteiger partial charge in [0, 0.05) is 12.6 Å². The van der Waals surface area contributed by atoms with E-state index in [1.165, 1.54) is 11.1 Å². The molecular weight excluding hydrogens is 386 g/mol. The highest BCUT2D eigenvalue weighted by atomic mass is 32.2. The van der Waals surface area contributed by atoms with Crippen molar-refractivity contribution in [1.29, 1.82) is 0 Å². The molecule has 2 aromatic rings. The molecule has 1 fully saturated rings. The number of amides is 1. The number of carbonyl (C=O) groups is 1. The minimum Gasteiger partial charge on any atom is -0.484 e. The highest BCUT2D eigenvalue weighted by Crippen LogP contribution is 2.21. The summed E-state index contributed by atoms with van der Waals surface area (Å²) in [5.41, 5.74) is 3.43. The Morgan fingerprint density at radius 1 is 0.966 bits per heavy atom. The van der Waals surface area contributed by atoms with Crippen molar-refractivity contribution in [2.24, 2.45) is 0 Å². The molecule has 1 aliphatic rings. The van der Waals surface area contributed by atoms with E-state index < -0.39 is 9.84 Å². The molecule has 5 nitrogen and oxygen atoms in total. The van der Waals surface area contributed by atoms with Gasteiger partial charge in [-0.15, -0.1) is 0 Å². The summed E-state index contributed by atoms with van der Waals surface area (Å²) in [7, 11) is -3.09. The fourth-order valence-electron chi connectivity index (χ4n) is 3.57. The molecule has 1 heterocycles. The number of aryl methyl sites for hydroxylation is 2. The predicted octanol–water partition coefficient (Wildman–Crippen LogP) is 3.41. The zero-order valence-corrected chi connectivity index (χ0v) is 18.0. The summed E-state index contributed by atoms with van der Waals surface area (Å²) in [6.45, 7) is 4.47. The van der Waals surface area contributed by atoms with Crippen LogP contribution in [0.2, 0.25) is 0 Å². The van der Waals surface area contributed by atoms with Gasteiger partial charge in [-0.3, -0.25) is 4.79 Å². The Labute approximate surface area is 173 Å². The van der Waals surface area contributed by atoms with Crippen molar-refractivity contribution in [1.82, 2.24) is 4.90 Å². The molecule has 29 heavy (non-hydrogen) atoms. The van der Waals surface area contributed by atoms with Gasteiger partial charge in [-0.25, -0.2) is 8.42 Å². The van der Waals surface area contributed by atoms with E-state index in [2.05, 4.69) is 26.0 Å². The highest BCUT2D eigenvalue weighted by Gasteiger charge is 2.34. The number of benzene rings is 2. The first-order valence-electron chi connectivity index (χ1n) is 10.2. The van der Waals surface area contributed by atoms with Crippen LogP contribution >= 0.6 is 0 Å². The Kier molecular flexibility index (Phi) is 6.96. The van der Waals surface area contributed by atoms with E-state index in [1.54, 1.807) is 4.90 Å². The molecule has 0 bridgehead atoms. The van der Waals surface area contributed by atoms with E-state index in [1.807, 2.05) is 36.4 Å². The summed E-state index contributed by atoms with van der Waals surface area (Å²) in [5, 5.41) is 0. The number of carbonyl (C=O) groups excluding carboxylic acids is 1. The van der Waals surface area contributed by atoms with Crippen LogP contribution in [0, 0.1) is 0 Å². The second-order valence-corrected chi connectivity index (χ2v) is 9.76. The molecule has 6 heteroatoms. The molecule has 1 aliphatic heterocycles. The quantitative estimate of drug-likeness (QED) is 0.663. The van der Waals surface area contributed by atoms with E-state index in [4.69, 9.17) is 4.74 Å². The second kappa shape index (κ2) is 9.44. The number of hydrogen-bond donors (Lipinski definition) is 0. The Bertz CT molecular complexity index is 920. The third-order valence-corrected chi connectivity index (χ3v) is 7.20. The zero-order chi connectivity index (χ0) is 20.9. The van der Waals surface area contributed by atoms with E-state index >= 15 is 0 Å². The van der Waals surface area contributed by atoms with Gasteiger partial charge in [0.2, 0.25) is 0 Å². The summed E-state index contributed by atoms with van der Waals surface area (Å²) in [6.07, 6.45) is 2.38. The SMILES string of the molecule is CCc1ccc(CN(C(=O)COc2ccc(CC)cc2)[C@@H]2CCS(=O)(=O)C2)cc1. The molecule has 2 aromatic carbocycles. The summed E-state index contributed by atoms with van der Waals surface area (Å²) >= 11 is 0. The second-order valence-electron chi connectivity index (χ2n) is 7.53. The zero-order valence-electron chi connectivity index (χ0n) is 17.1. The van der Waals surface area contributed by atoms with Crippen LogP contribution in [0.3, 0.4) is 0 Å². The van der Waals surface area contributed by atoms with Crippen molar-refractivity contribution in [2.45, 2.75) is 45.7 Å². The molecule has 0 aromatic heterocycles. The maximum absolute atomic E-state index is 13.0. The maximum atomic E-state index is 13.0. The molecule has 1 amide bonds. The molecule has 0 radical (unpaired) electrons. The van der Waals surface area contributed by atoms with Gasteiger partial charge in [0.25, 0.3) is 5.91 Å². The van der Waals surface area contributed by atoms with Crippen LogP contribution in [0.25, 0.3) is 0 Å². The van der Waals surface area contributed by atoms with Crippen molar-refractivity contribution in [3.05, 3.63) is 65.2 Å². The summed E-state index contributed by atoms with van der Waals surface area (Å²) < 4.78 is 29.6. The van der Waals surface area contributed by atoms with Gasteiger partial charge in [0.15, 0.2) is 16.4 Å². The smallest absolute Gasteiger partial charge is 0.261 e. The molecule has 0 N–H and O–H groups in total. The maximum Gasteiger partial charge on any atom is 0.261 e. The van der Waals surface area contributed by atoms with Crippen molar-refractivity contribution < 1.29 is 17.9 Å². The molecular formula is C23H29NO4S. The minimum atomic E-state index is -3.09. The molecule has 1 saturated heterocycles. The van der Waals surface area contributed by atoms with E-state index in [0.717, 1.165) is 18.4 Å². The fourth-order valence-corrected chi connectivity index (χ4v) is 5.30. The third-order valence-electron chi connectivity index (χ3n) is 5.45. The lowest BCUT2D eigenvalue weighted by Gasteiger charge is -2.28. The van der Waals surface area contributed by atoms with Crippen LogP contribution in [0.4, 0.5) is 0 Å². The van der Waals surface area contributed by atoms with Crippen molar-refractivity contribution in [2.75, 3.05) is 18.1 Å². The minimum absolute atomic E-state index is 0.0248. The van der Waals surface area contributed by atoms with Crippen LogP contribution in [-0.2, 0) is 34.0 Å². The lowest BCUT2D eigenvalue weighted by molar-refractivity contribution is -0.136. The van der Waals surface area contributed by atoms with Crippen LogP contribution in [0.5, 0.6) is 5.75 Å². The normalized spacial score (nSPS) is 17.8. The lowest BCUT2D eigenvalue weighted by Crippen LogP contribution is -2.43. The Morgan fingerprint density at radius 2 is 1.52 bits per heavy atom. The predicted molar refractivity (Wildman–Crippen MR) is 115 cm³/mol. The lowest BCUT2D eigenvalue weighted by atomic mass is 10.1.